The molecular formula is C26H40O7. The van der Waals surface area contributed by atoms with E-state index in [1.54, 1.807) is 6.92 Å². The van der Waals surface area contributed by atoms with Crippen LogP contribution in [-0.2, 0) is 23.7 Å². The zero-order chi connectivity index (χ0) is 24.4. The van der Waals surface area contributed by atoms with Crippen LogP contribution in [0.4, 0.5) is 0 Å². The third kappa shape index (κ3) is 6.99. The van der Waals surface area contributed by atoms with Crippen LogP contribution in [0.2, 0.25) is 0 Å². The molecule has 0 aliphatic carbocycles. The average Bonchev–Trinajstić information content (AvgIpc) is 3.48. The van der Waals surface area contributed by atoms with E-state index < -0.39 is 29.9 Å². The summed E-state index contributed by atoms with van der Waals surface area (Å²) in [6, 6.07) is 0. The number of rotatable bonds is 7. The molecule has 186 valence electrons. The molecule has 0 radical (unpaired) electrons. The van der Waals surface area contributed by atoms with Gasteiger partial charge in [-0.05, 0) is 59.5 Å². The molecule has 0 bridgehead atoms. The second-order valence-electron chi connectivity index (χ2n) is 10.5. The summed E-state index contributed by atoms with van der Waals surface area (Å²) in [6.07, 6.45) is 8.64. The lowest BCUT2D eigenvalue weighted by molar-refractivity contribution is -0.172. The van der Waals surface area contributed by atoms with Crippen molar-refractivity contribution in [2.75, 3.05) is 6.61 Å². The van der Waals surface area contributed by atoms with E-state index in [9.17, 15) is 15.0 Å². The van der Waals surface area contributed by atoms with Crippen LogP contribution >= 0.6 is 0 Å². The molecule has 0 saturated carbocycles. The van der Waals surface area contributed by atoms with E-state index in [4.69, 9.17) is 18.9 Å². The van der Waals surface area contributed by atoms with Crippen LogP contribution in [0.5, 0.6) is 0 Å². The maximum absolute atomic E-state index is 11.9. The zero-order valence-corrected chi connectivity index (χ0v) is 20.7. The Bertz CT molecular complexity index is 778. The first-order valence-electron chi connectivity index (χ1n) is 12.0. The van der Waals surface area contributed by atoms with Gasteiger partial charge in [-0.1, -0.05) is 30.7 Å². The van der Waals surface area contributed by atoms with Gasteiger partial charge in [-0.25, -0.2) is 4.79 Å². The van der Waals surface area contributed by atoms with Crippen molar-refractivity contribution >= 4 is 5.97 Å². The lowest BCUT2D eigenvalue weighted by Crippen LogP contribution is -2.53. The molecule has 3 fully saturated rings. The fourth-order valence-electron chi connectivity index (χ4n) is 4.77. The number of esters is 1. The summed E-state index contributed by atoms with van der Waals surface area (Å²) in [4.78, 5) is 11.9. The van der Waals surface area contributed by atoms with Crippen molar-refractivity contribution in [3.63, 3.8) is 0 Å². The van der Waals surface area contributed by atoms with E-state index in [1.807, 2.05) is 39.8 Å². The predicted molar refractivity (Wildman–Crippen MR) is 125 cm³/mol. The van der Waals surface area contributed by atoms with E-state index in [0.29, 0.717) is 13.0 Å². The molecule has 3 heterocycles. The van der Waals surface area contributed by atoms with Crippen molar-refractivity contribution < 1.29 is 34.0 Å². The van der Waals surface area contributed by atoms with E-state index in [2.05, 4.69) is 13.0 Å². The molecule has 0 unspecified atom stereocenters. The number of allylic oxidation sites excluding steroid dienone is 2. The van der Waals surface area contributed by atoms with Crippen molar-refractivity contribution in [1.29, 1.82) is 0 Å². The van der Waals surface area contributed by atoms with Gasteiger partial charge in [0, 0.05) is 12.5 Å². The zero-order valence-electron chi connectivity index (χ0n) is 20.7. The van der Waals surface area contributed by atoms with Gasteiger partial charge in [0.2, 0.25) is 0 Å². The van der Waals surface area contributed by atoms with E-state index >= 15 is 0 Å². The SMILES string of the molecule is CC(/C=C/[C@H]1OC(C)(C)C[C@@]2(CO2)[C@@H]1O)=C\C[C@@H]1O[C@H](C)[C@H](OC(=O)/C=C\[C@H](C)O)C[C@@H]1C. The number of ether oxygens (including phenoxy) is 4. The molecule has 7 heteroatoms. The van der Waals surface area contributed by atoms with Gasteiger partial charge in [0.1, 0.15) is 23.9 Å². The largest absolute Gasteiger partial charge is 0.456 e. The van der Waals surface area contributed by atoms with Crippen molar-refractivity contribution in [2.45, 2.75) is 109 Å². The number of epoxide rings is 1. The van der Waals surface area contributed by atoms with Crippen LogP contribution in [0.1, 0.15) is 60.8 Å². The summed E-state index contributed by atoms with van der Waals surface area (Å²) >= 11 is 0. The molecule has 3 aliphatic heterocycles. The van der Waals surface area contributed by atoms with Gasteiger partial charge < -0.3 is 29.2 Å². The Morgan fingerprint density at radius 1 is 1.27 bits per heavy atom. The third-order valence-corrected chi connectivity index (χ3v) is 6.70. The van der Waals surface area contributed by atoms with Gasteiger partial charge in [-0.3, -0.25) is 0 Å². The van der Waals surface area contributed by atoms with Crippen LogP contribution in [-0.4, -0.2) is 70.6 Å². The molecule has 0 aromatic rings. The Balaban J connectivity index is 1.52. The number of carbonyl (C=O) groups excluding carboxylic acids is 1. The molecular weight excluding hydrogens is 424 g/mol. The Morgan fingerprint density at radius 3 is 2.61 bits per heavy atom. The predicted octanol–water partition coefficient (Wildman–Crippen LogP) is 3.24. The quantitative estimate of drug-likeness (QED) is 0.258. The second-order valence-corrected chi connectivity index (χ2v) is 10.5. The summed E-state index contributed by atoms with van der Waals surface area (Å²) in [7, 11) is 0. The summed E-state index contributed by atoms with van der Waals surface area (Å²) in [5.41, 5.74) is 0.276. The number of aliphatic hydroxyl groups excluding tert-OH is 2. The highest BCUT2D eigenvalue weighted by Gasteiger charge is 2.60. The van der Waals surface area contributed by atoms with E-state index in [0.717, 1.165) is 18.4 Å². The summed E-state index contributed by atoms with van der Waals surface area (Å²) in [5, 5.41) is 19.9. The van der Waals surface area contributed by atoms with Crippen LogP contribution in [0.25, 0.3) is 0 Å². The Labute approximate surface area is 197 Å². The number of hydrogen-bond acceptors (Lipinski definition) is 7. The molecule has 3 rings (SSSR count). The summed E-state index contributed by atoms with van der Waals surface area (Å²) in [6.45, 7) is 12.3. The van der Waals surface area contributed by atoms with Gasteiger partial charge in [-0.2, -0.15) is 0 Å². The Morgan fingerprint density at radius 2 is 1.97 bits per heavy atom. The first-order chi connectivity index (χ1) is 15.4. The third-order valence-electron chi connectivity index (χ3n) is 6.70. The van der Waals surface area contributed by atoms with Crippen molar-refractivity contribution in [3.05, 3.63) is 36.0 Å². The van der Waals surface area contributed by atoms with Crippen LogP contribution in [0.3, 0.4) is 0 Å². The van der Waals surface area contributed by atoms with Crippen LogP contribution in [0, 0.1) is 5.92 Å². The highest BCUT2D eigenvalue weighted by molar-refractivity contribution is 5.82. The molecule has 3 saturated heterocycles. The minimum absolute atomic E-state index is 0.0323. The summed E-state index contributed by atoms with van der Waals surface area (Å²) in [5.74, 6) is -0.236. The molecule has 1 spiro atoms. The van der Waals surface area contributed by atoms with Crippen LogP contribution < -0.4 is 0 Å². The average molecular weight is 465 g/mol. The minimum atomic E-state index is -0.687. The van der Waals surface area contributed by atoms with Gasteiger partial charge in [0.15, 0.2) is 0 Å². The number of carbonyl (C=O) groups is 1. The molecule has 8 atom stereocenters. The smallest absolute Gasteiger partial charge is 0.330 e. The Hall–Kier alpha value is -1.51. The summed E-state index contributed by atoms with van der Waals surface area (Å²) < 4.78 is 23.3. The highest BCUT2D eigenvalue weighted by atomic mass is 16.6. The minimum Gasteiger partial charge on any atom is -0.456 e. The monoisotopic (exact) mass is 464 g/mol. The lowest BCUT2D eigenvalue weighted by Gasteiger charge is -2.41. The molecule has 0 aromatic carbocycles. The first kappa shape index (κ1) is 26.1. The van der Waals surface area contributed by atoms with Gasteiger partial charge in [0.05, 0.1) is 30.5 Å². The number of aliphatic hydroxyl groups is 2. The van der Waals surface area contributed by atoms with Crippen LogP contribution in [0.15, 0.2) is 36.0 Å². The lowest BCUT2D eigenvalue weighted by atomic mass is 9.83. The van der Waals surface area contributed by atoms with E-state index in [-0.39, 0.29) is 29.8 Å². The normalized spacial score (nSPS) is 39.8. The molecule has 33 heavy (non-hydrogen) atoms. The fraction of sp³-hybridized carbons (Fsp3) is 0.731. The van der Waals surface area contributed by atoms with Gasteiger partial charge in [-0.15, -0.1) is 0 Å². The molecule has 2 N–H and O–H groups in total. The number of hydrogen-bond donors (Lipinski definition) is 2. The maximum atomic E-state index is 11.9. The standard InChI is InChI=1S/C26H40O7/c1-16(8-11-21-24(29)26(15-30-26)14-25(5,6)33-21)7-10-20-17(2)13-22(19(4)31-20)32-23(28)12-9-18(3)27/h7-9,11-12,17-22,24,27,29H,10,13-15H2,1-6H3/b11-8+,12-9-,16-7+/t17-,18-,19+,20-,21+,22+,24+,26+/m0/s1. The van der Waals surface area contributed by atoms with E-state index in [1.165, 1.54) is 12.2 Å². The molecule has 0 amide bonds. The van der Waals surface area contributed by atoms with Crippen molar-refractivity contribution in [1.82, 2.24) is 0 Å². The maximum Gasteiger partial charge on any atom is 0.330 e. The van der Waals surface area contributed by atoms with Gasteiger partial charge >= 0.3 is 5.97 Å². The second kappa shape index (κ2) is 10.4. The van der Waals surface area contributed by atoms with Crippen molar-refractivity contribution in [3.8, 4) is 0 Å². The fourth-order valence-corrected chi connectivity index (χ4v) is 4.77. The van der Waals surface area contributed by atoms with Crippen molar-refractivity contribution in [2.24, 2.45) is 5.92 Å². The highest BCUT2D eigenvalue weighted by Crippen LogP contribution is 2.46. The Kier molecular flexibility index (Phi) is 8.23. The topological polar surface area (TPSA) is 97.8 Å². The van der Waals surface area contributed by atoms with Gasteiger partial charge in [0.25, 0.3) is 0 Å². The molecule has 7 nitrogen and oxygen atoms in total. The first-order valence-corrected chi connectivity index (χ1v) is 12.0. The molecule has 0 aromatic heterocycles. The molecule has 3 aliphatic rings.